The van der Waals surface area contributed by atoms with Gasteiger partial charge in [-0.25, -0.2) is 4.79 Å². The first-order chi connectivity index (χ1) is 23.3. The molecular formula is C36H71N7O5S2. The molecule has 1 saturated heterocycles. The van der Waals surface area contributed by atoms with Crippen molar-refractivity contribution in [1.82, 2.24) is 30.5 Å². The number of thiol groups is 1. The molecule has 1 heterocycles. The number of Topliss-reactive ketones (excluding diaryl/α,β-unsaturated/α-hetero) is 1. The molecule has 6 N–H and O–H groups in total. The Morgan fingerprint density at radius 1 is 1.00 bits per heavy atom. The van der Waals surface area contributed by atoms with Crippen molar-refractivity contribution in [2.75, 3.05) is 45.5 Å². The Kier molecular flexibility index (Phi) is 26.4. The summed E-state index contributed by atoms with van der Waals surface area (Å²) in [5.74, 6) is -1.28. The lowest BCUT2D eigenvalue weighted by Gasteiger charge is -2.37. The molecule has 5 amide bonds. The van der Waals surface area contributed by atoms with Crippen molar-refractivity contribution in [3.05, 3.63) is 12.7 Å². The summed E-state index contributed by atoms with van der Waals surface area (Å²) >= 11 is 5.82. The maximum Gasteiger partial charge on any atom is 0.315 e. The zero-order valence-corrected chi connectivity index (χ0v) is 34.7. The molecule has 50 heavy (non-hydrogen) atoms. The standard InChI is InChI=1S/C21H42N6O3S.C10H15NO2S.C3H8.C2H6/c1-20(2,3)15(13-23-10-12-26(7)31)24-19(30)25-16(21(4,5)6)18(29)27-11-8-9-14(27)17(22)28;1-2-6-11-10(13)9(12)7-14-8-4-3-5-8;1-3-2;1-2/h14-16,23,31H,8-13H2,1-7H3,(H2,22,28)(H2,24,25,30);2,8H,1,3-7H2,(H,11,13);3H2,1-2H3;1-2H3. The molecule has 0 spiro atoms. The molecule has 0 aromatic heterocycles. The smallest absolute Gasteiger partial charge is 0.315 e. The molecule has 2 aliphatic rings. The van der Waals surface area contributed by atoms with Crippen molar-refractivity contribution >= 4 is 54.1 Å². The van der Waals surface area contributed by atoms with Gasteiger partial charge in [0.2, 0.25) is 17.6 Å². The lowest BCUT2D eigenvalue weighted by Crippen LogP contribution is -2.61. The number of carbonyl (C=O) groups excluding carboxylic acids is 5. The van der Waals surface area contributed by atoms with Crippen molar-refractivity contribution < 1.29 is 24.0 Å². The number of carbonyl (C=O) groups is 5. The maximum absolute atomic E-state index is 13.3. The molecular weight excluding hydrogens is 675 g/mol. The third-order valence-electron chi connectivity index (χ3n) is 7.73. The molecule has 0 radical (unpaired) electrons. The summed E-state index contributed by atoms with van der Waals surface area (Å²) in [5.41, 5.74) is 4.75. The first kappa shape index (κ1) is 49.8. The van der Waals surface area contributed by atoms with Crippen LogP contribution in [0.5, 0.6) is 0 Å². The zero-order chi connectivity index (χ0) is 39.1. The topological polar surface area (TPSA) is 166 Å². The number of rotatable bonds is 15. The van der Waals surface area contributed by atoms with Crippen molar-refractivity contribution in [3.8, 4) is 0 Å². The van der Waals surface area contributed by atoms with E-state index >= 15 is 0 Å². The molecule has 0 bridgehead atoms. The van der Waals surface area contributed by atoms with Gasteiger partial charge in [0, 0.05) is 44.0 Å². The molecule has 0 aromatic rings. The number of nitrogens with one attached hydrogen (secondary N) is 4. The molecule has 292 valence electrons. The normalized spacial score (nSPS) is 16.8. The van der Waals surface area contributed by atoms with Crippen LogP contribution in [-0.2, 0) is 19.2 Å². The van der Waals surface area contributed by atoms with Crippen LogP contribution < -0.4 is 27.0 Å². The van der Waals surface area contributed by atoms with Gasteiger partial charge in [-0.15, -0.1) is 6.58 Å². The predicted molar refractivity (Wildman–Crippen MR) is 212 cm³/mol. The van der Waals surface area contributed by atoms with E-state index in [9.17, 15) is 24.0 Å². The van der Waals surface area contributed by atoms with Gasteiger partial charge in [-0.05, 0) is 43.6 Å². The van der Waals surface area contributed by atoms with Crippen LogP contribution in [0, 0.1) is 10.8 Å². The summed E-state index contributed by atoms with van der Waals surface area (Å²) < 4.78 is 1.79. The third kappa shape index (κ3) is 21.2. The fraction of sp³-hybridized carbons (Fsp3) is 0.806. The van der Waals surface area contributed by atoms with Crippen molar-refractivity contribution in [3.63, 3.8) is 0 Å². The van der Waals surface area contributed by atoms with Gasteiger partial charge >= 0.3 is 6.03 Å². The van der Waals surface area contributed by atoms with Gasteiger partial charge in [-0.1, -0.05) is 101 Å². The van der Waals surface area contributed by atoms with E-state index in [1.807, 2.05) is 41.7 Å². The van der Waals surface area contributed by atoms with E-state index in [2.05, 4.69) is 75.3 Å². The number of amides is 5. The van der Waals surface area contributed by atoms with Crippen LogP contribution in [-0.4, -0.2) is 108 Å². The summed E-state index contributed by atoms with van der Waals surface area (Å²) in [7, 11) is 1.88. The van der Waals surface area contributed by atoms with Crippen LogP contribution in [0.2, 0.25) is 0 Å². The highest BCUT2D eigenvalue weighted by Gasteiger charge is 2.41. The summed E-state index contributed by atoms with van der Waals surface area (Å²) in [6.07, 6.45) is 7.72. The van der Waals surface area contributed by atoms with E-state index in [1.165, 1.54) is 30.6 Å². The van der Waals surface area contributed by atoms with E-state index in [-0.39, 0.29) is 23.1 Å². The number of likely N-dealkylation sites (N-methyl/N-ethyl adjacent to an activating group) is 1. The molecule has 3 atom stereocenters. The number of nitrogens with zero attached hydrogens (tertiary/aromatic N) is 2. The minimum absolute atomic E-state index is 0.154. The third-order valence-corrected chi connectivity index (χ3v) is 9.30. The minimum Gasteiger partial charge on any atom is -0.368 e. The Labute approximate surface area is 313 Å². The van der Waals surface area contributed by atoms with Crippen molar-refractivity contribution in [2.45, 2.75) is 131 Å². The van der Waals surface area contributed by atoms with Crippen molar-refractivity contribution in [1.29, 1.82) is 0 Å². The number of primary amides is 1. The Bertz CT molecular complexity index is 1030. The van der Waals surface area contributed by atoms with E-state index in [0.717, 1.165) is 19.5 Å². The minimum atomic E-state index is -0.779. The Hall–Kier alpha value is -2.29. The van der Waals surface area contributed by atoms with Gasteiger partial charge in [0.05, 0.1) is 5.75 Å². The van der Waals surface area contributed by atoms with Crippen LogP contribution in [0.3, 0.4) is 0 Å². The number of ketones is 1. The first-order valence-corrected chi connectivity index (χ1v) is 19.6. The summed E-state index contributed by atoms with van der Waals surface area (Å²) in [6, 6.07) is -1.95. The molecule has 2 fully saturated rings. The molecule has 14 heteroatoms. The van der Waals surface area contributed by atoms with Gasteiger partial charge in [0.15, 0.2) is 0 Å². The second kappa shape index (κ2) is 26.5. The molecule has 12 nitrogen and oxygen atoms in total. The zero-order valence-electron chi connectivity index (χ0n) is 32.9. The average molecular weight is 746 g/mol. The largest absolute Gasteiger partial charge is 0.368 e. The Balaban J connectivity index is 0. The van der Waals surface area contributed by atoms with Gasteiger partial charge in [-0.3, -0.25) is 23.5 Å². The second-order valence-corrected chi connectivity index (χ2v) is 16.5. The molecule has 0 aromatic carbocycles. The highest BCUT2D eigenvalue weighted by molar-refractivity contribution is 8.00. The summed E-state index contributed by atoms with van der Waals surface area (Å²) in [6.45, 7) is 26.5. The monoisotopic (exact) mass is 745 g/mol. The Morgan fingerprint density at radius 2 is 1.58 bits per heavy atom. The van der Waals surface area contributed by atoms with Gasteiger partial charge in [0.25, 0.3) is 5.91 Å². The number of nitrogens with two attached hydrogens (primary N) is 1. The lowest BCUT2D eigenvalue weighted by atomic mass is 9.85. The van der Waals surface area contributed by atoms with Crippen LogP contribution in [0.15, 0.2) is 12.7 Å². The molecule has 1 aliphatic heterocycles. The van der Waals surface area contributed by atoms with E-state index < -0.39 is 35.3 Å². The maximum atomic E-state index is 13.3. The lowest BCUT2D eigenvalue weighted by molar-refractivity contribution is -0.140. The quantitative estimate of drug-likeness (QED) is 0.0616. The predicted octanol–water partition coefficient (Wildman–Crippen LogP) is 4.54. The highest BCUT2D eigenvalue weighted by atomic mass is 32.2. The number of likely N-dealkylation sites (tertiary alicyclic amines) is 1. The molecule has 1 saturated carbocycles. The van der Waals surface area contributed by atoms with Gasteiger partial charge in [0.1, 0.15) is 12.1 Å². The Morgan fingerprint density at radius 3 is 2.02 bits per heavy atom. The summed E-state index contributed by atoms with van der Waals surface area (Å²) in [4.78, 5) is 61.7. The summed E-state index contributed by atoms with van der Waals surface area (Å²) in [5, 5.41) is 12.3. The first-order valence-electron chi connectivity index (χ1n) is 18.1. The number of urea groups is 1. The van der Waals surface area contributed by atoms with Crippen LogP contribution in [0.4, 0.5) is 4.79 Å². The molecule has 1 aliphatic carbocycles. The number of hydrogen-bond donors (Lipinski definition) is 6. The second-order valence-electron chi connectivity index (χ2n) is 14.5. The van der Waals surface area contributed by atoms with E-state index in [4.69, 9.17) is 5.73 Å². The SMILES string of the molecule is C=CCNC(=O)C(=O)CSC1CCC1.CC.CCC.CN(S)CCNCC(NC(=O)NC(C(=O)N1CCCC1C(N)=O)C(C)(C)C)C(C)(C)C. The van der Waals surface area contributed by atoms with E-state index in [1.54, 1.807) is 22.1 Å². The van der Waals surface area contributed by atoms with Crippen LogP contribution >= 0.6 is 24.6 Å². The average Bonchev–Trinajstić information content (AvgIpc) is 3.50. The van der Waals surface area contributed by atoms with E-state index in [0.29, 0.717) is 37.1 Å². The van der Waals surface area contributed by atoms with Crippen molar-refractivity contribution in [2.24, 2.45) is 16.6 Å². The number of thioether (sulfide) groups is 1. The van der Waals surface area contributed by atoms with Crippen LogP contribution in [0.1, 0.15) is 108 Å². The fourth-order valence-corrected chi connectivity index (χ4v) is 5.88. The van der Waals surface area contributed by atoms with Gasteiger partial charge < -0.3 is 31.9 Å². The highest BCUT2D eigenvalue weighted by Crippen LogP contribution is 2.31. The molecule has 3 unspecified atom stereocenters. The number of hydrogen-bond acceptors (Lipinski definition) is 9. The van der Waals surface area contributed by atoms with Gasteiger partial charge in [-0.2, -0.15) is 11.8 Å². The fourth-order valence-electron chi connectivity index (χ4n) is 4.59. The molecule has 2 rings (SSSR count). The van der Waals surface area contributed by atoms with Crippen LogP contribution in [0.25, 0.3) is 0 Å².